The normalized spacial score (nSPS) is 20.8. The lowest BCUT2D eigenvalue weighted by Gasteiger charge is -2.32. The molecule has 0 aromatic heterocycles. The number of unbranched alkanes of at least 4 members (excludes halogenated alkanes) is 2. The monoisotopic (exact) mass is 253 g/mol. The van der Waals surface area contributed by atoms with E-state index in [1.54, 1.807) is 7.11 Å². The first-order valence-corrected chi connectivity index (χ1v) is 7.15. The highest BCUT2D eigenvalue weighted by molar-refractivity contribution is 4.75. The Morgan fingerprint density at radius 1 is 1.44 bits per heavy atom. The molecule has 1 fully saturated rings. The van der Waals surface area contributed by atoms with E-state index in [9.17, 15) is 0 Å². The molecule has 0 aliphatic carbocycles. The van der Waals surface area contributed by atoms with Crippen molar-refractivity contribution in [3.05, 3.63) is 0 Å². The predicted octanol–water partition coefficient (Wildman–Crippen LogP) is 1.63. The second-order valence-electron chi connectivity index (χ2n) is 5.12. The van der Waals surface area contributed by atoms with Gasteiger partial charge in [0.05, 0.1) is 12.7 Å². The van der Waals surface area contributed by atoms with Gasteiger partial charge in [0.15, 0.2) is 0 Å². The van der Waals surface area contributed by atoms with Crippen molar-refractivity contribution in [3.8, 4) is 6.07 Å². The summed E-state index contributed by atoms with van der Waals surface area (Å²) in [5.74, 6) is 0.784. The summed E-state index contributed by atoms with van der Waals surface area (Å²) >= 11 is 0. The Kier molecular flexibility index (Phi) is 8.83. The van der Waals surface area contributed by atoms with Gasteiger partial charge in [0.2, 0.25) is 0 Å². The van der Waals surface area contributed by atoms with Crippen molar-refractivity contribution in [1.29, 1.82) is 5.26 Å². The van der Waals surface area contributed by atoms with Crippen LogP contribution < -0.4 is 5.32 Å². The van der Waals surface area contributed by atoms with Gasteiger partial charge >= 0.3 is 0 Å². The fraction of sp³-hybridized carbons (Fsp3) is 0.929. The number of rotatable bonds is 9. The highest BCUT2D eigenvalue weighted by Crippen LogP contribution is 2.16. The van der Waals surface area contributed by atoms with Crippen LogP contribution in [-0.4, -0.2) is 51.3 Å². The van der Waals surface area contributed by atoms with Crippen LogP contribution in [0.25, 0.3) is 0 Å². The second-order valence-corrected chi connectivity index (χ2v) is 5.12. The van der Waals surface area contributed by atoms with E-state index < -0.39 is 0 Å². The average Bonchev–Trinajstić information content (AvgIpc) is 2.40. The van der Waals surface area contributed by atoms with Crippen molar-refractivity contribution in [2.45, 2.75) is 32.1 Å². The number of nitrogens with one attached hydrogen (secondary N) is 1. The topological polar surface area (TPSA) is 48.3 Å². The number of hydrogen-bond acceptors (Lipinski definition) is 4. The maximum atomic E-state index is 8.50. The lowest BCUT2D eigenvalue weighted by atomic mass is 9.97. The molecule has 0 aromatic carbocycles. The van der Waals surface area contributed by atoms with Crippen LogP contribution in [0, 0.1) is 17.2 Å². The summed E-state index contributed by atoms with van der Waals surface area (Å²) < 4.78 is 5.03. The van der Waals surface area contributed by atoms with Gasteiger partial charge in [-0.1, -0.05) is 0 Å². The molecule has 0 spiro atoms. The number of piperidine rings is 1. The first-order valence-electron chi connectivity index (χ1n) is 7.15. The number of nitriles is 1. The van der Waals surface area contributed by atoms with E-state index in [0.29, 0.717) is 6.42 Å². The SMILES string of the molecule is COCCNCC1CCCN(CCCCC#N)C1. The molecule has 1 atom stereocenters. The van der Waals surface area contributed by atoms with Crippen molar-refractivity contribution >= 4 is 0 Å². The molecule has 0 radical (unpaired) electrons. The summed E-state index contributed by atoms with van der Waals surface area (Å²) in [6.07, 6.45) is 5.57. The van der Waals surface area contributed by atoms with E-state index >= 15 is 0 Å². The van der Waals surface area contributed by atoms with Gasteiger partial charge in [0.25, 0.3) is 0 Å². The summed E-state index contributed by atoms with van der Waals surface area (Å²) in [6, 6.07) is 2.21. The Hall–Kier alpha value is -0.630. The summed E-state index contributed by atoms with van der Waals surface area (Å²) in [5, 5.41) is 12.0. The number of likely N-dealkylation sites (tertiary alicyclic amines) is 1. The molecule has 0 aromatic rings. The Bertz CT molecular complexity index is 240. The molecule has 1 heterocycles. The van der Waals surface area contributed by atoms with Crippen LogP contribution >= 0.6 is 0 Å². The zero-order chi connectivity index (χ0) is 13.1. The Morgan fingerprint density at radius 3 is 3.11 bits per heavy atom. The van der Waals surface area contributed by atoms with E-state index in [4.69, 9.17) is 10.00 Å². The van der Waals surface area contributed by atoms with E-state index in [0.717, 1.165) is 45.0 Å². The van der Waals surface area contributed by atoms with Gasteiger partial charge in [-0.2, -0.15) is 5.26 Å². The standard InChI is InChI=1S/C14H27N3O/c1-18-11-8-16-12-14-6-5-10-17(13-14)9-4-2-3-7-15/h14,16H,2-6,8-13H2,1H3. The van der Waals surface area contributed by atoms with Gasteiger partial charge in [0.1, 0.15) is 0 Å². The van der Waals surface area contributed by atoms with Gasteiger partial charge in [-0.05, 0) is 51.2 Å². The van der Waals surface area contributed by atoms with Crippen molar-refractivity contribution in [1.82, 2.24) is 10.2 Å². The van der Waals surface area contributed by atoms with Crippen LogP contribution in [0.4, 0.5) is 0 Å². The molecule has 0 bridgehead atoms. The molecule has 1 N–H and O–H groups in total. The van der Waals surface area contributed by atoms with Crippen LogP contribution in [0.5, 0.6) is 0 Å². The zero-order valence-corrected chi connectivity index (χ0v) is 11.7. The van der Waals surface area contributed by atoms with E-state index in [-0.39, 0.29) is 0 Å². The first kappa shape index (κ1) is 15.4. The van der Waals surface area contributed by atoms with Crippen LogP contribution in [-0.2, 0) is 4.74 Å². The smallest absolute Gasteiger partial charge is 0.0621 e. The molecule has 104 valence electrons. The Balaban J connectivity index is 2.06. The maximum Gasteiger partial charge on any atom is 0.0621 e. The average molecular weight is 253 g/mol. The largest absolute Gasteiger partial charge is 0.383 e. The van der Waals surface area contributed by atoms with Crippen LogP contribution in [0.2, 0.25) is 0 Å². The van der Waals surface area contributed by atoms with E-state index in [2.05, 4.69) is 16.3 Å². The fourth-order valence-electron chi connectivity index (χ4n) is 2.54. The zero-order valence-electron chi connectivity index (χ0n) is 11.7. The van der Waals surface area contributed by atoms with E-state index in [1.165, 1.54) is 25.9 Å². The predicted molar refractivity (Wildman–Crippen MR) is 73.4 cm³/mol. The Morgan fingerprint density at radius 2 is 2.33 bits per heavy atom. The minimum absolute atomic E-state index is 0.704. The van der Waals surface area contributed by atoms with Crippen LogP contribution in [0.1, 0.15) is 32.1 Å². The molecule has 1 rings (SSSR count). The fourth-order valence-corrected chi connectivity index (χ4v) is 2.54. The summed E-state index contributed by atoms with van der Waals surface area (Å²) in [4.78, 5) is 2.56. The van der Waals surface area contributed by atoms with Crippen molar-refractivity contribution < 1.29 is 4.74 Å². The van der Waals surface area contributed by atoms with Crippen molar-refractivity contribution in [3.63, 3.8) is 0 Å². The minimum Gasteiger partial charge on any atom is -0.383 e. The number of nitrogens with zero attached hydrogens (tertiary/aromatic N) is 2. The van der Waals surface area contributed by atoms with Crippen LogP contribution in [0.3, 0.4) is 0 Å². The van der Waals surface area contributed by atoms with Crippen molar-refractivity contribution in [2.24, 2.45) is 5.92 Å². The molecule has 1 aliphatic heterocycles. The molecule has 4 heteroatoms. The van der Waals surface area contributed by atoms with Gasteiger partial charge in [-0.3, -0.25) is 0 Å². The van der Waals surface area contributed by atoms with Crippen LogP contribution in [0.15, 0.2) is 0 Å². The third-order valence-corrected chi connectivity index (χ3v) is 3.53. The molecule has 0 amide bonds. The Labute approximate surface area is 111 Å². The molecule has 1 unspecified atom stereocenters. The first-order chi connectivity index (χ1) is 8.86. The lowest BCUT2D eigenvalue weighted by molar-refractivity contribution is 0.163. The van der Waals surface area contributed by atoms with Gasteiger partial charge < -0.3 is 15.0 Å². The maximum absolute atomic E-state index is 8.50. The minimum atomic E-state index is 0.704. The molecule has 1 saturated heterocycles. The van der Waals surface area contributed by atoms with E-state index in [1.807, 2.05) is 0 Å². The third-order valence-electron chi connectivity index (χ3n) is 3.53. The molecule has 4 nitrogen and oxygen atoms in total. The van der Waals surface area contributed by atoms with Gasteiger partial charge in [0, 0.05) is 26.6 Å². The number of hydrogen-bond donors (Lipinski definition) is 1. The summed E-state index contributed by atoms with van der Waals surface area (Å²) in [7, 11) is 1.74. The molecular weight excluding hydrogens is 226 g/mol. The highest BCUT2D eigenvalue weighted by atomic mass is 16.5. The second kappa shape index (κ2) is 10.3. The number of methoxy groups -OCH3 is 1. The molecule has 1 aliphatic rings. The lowest BCUT2D eigenvalue weighted by Crippen LogP contribution is -2.40. The molecule has 0 saturated carbocycles. The van der Waals surface area contributed by atoms with Crippen molar-refractivity contribution in [2.75, 3.05) is 46.4 Å². The quantitative estimate of drug-likeness (QED) is 0.635. The molecule has 18 heavy (non-hydrogen) atoms. The summed E-state index contributed by atoms with van der Waals surface area (Å²) in [5.41, 5.74) is 0. The summed E-state index contributed by atoms with van der Waals surface area (Å²) in [6.45, 7) is 6.47. The van der Waals surface area contributed by atoms with Gasteiger partial charge in [-0.15, -0.1) is 0 Å². The third kappa shape index (κ3) is 6.95. The van der Waals surface area contributed by atoms with Gasteiger partial charge in [-0.25, -0.2) is 0 Å². The molecular formula is C14H27N3O. The number of ether oxygens (including phenoxy) is 1. The highest BCUT2D eigenvalue weighted by Gasteiger charge is 2.18.